The number of aryl methyl sites for hydroxylation is 2. The van der Waals surface area contributed by atoms with Crippen molar-refractivity contribution in [2.24, 2.45) is 0 Å². The zero-order valence-corrected chi connectivity index (χ0v) is 32.0. The van der Waals surface area contributed by atoms with Crippen LogP contribution < -0.4 is 14.2 Å². The average Bonchev–Trinajstić information content (AvgIpc) is 3.21. The summed E-state index contributed by atoms with van der Waals surface area (Å²) in [5.41, 5.74) is 4.69. The van der Waals surface area contributed by atoms with E-state index < -0.39 is 10.1 Å². The molecule has 3 aromatic heterocycles. The molecule has 0 saturated heterocycles. The largest absolute Gasteiger partial charge is 0.744 e. The monoisotopic (exact) mass is 769 g/mol. The van der Waals surface area contributed by atoms with Gasteiger partial charge in [0.25, 0.3) is 0 Å². The van der Waals surface area contributed by atoms with Gasteiger partial charge in [-0.1, -0.05) is 17.7 Å². The van der Waals surface area contributed by atoms with Crippen LogP contribution in [0.1, 0.15) is 27.8 Å². The number of benzene rings is 4. The fraction of sp³-hybridized carbons (Fsp3) is 0.114. The number of hydrogen-bond acceptors (Lipinski definition) is 9. The molecule has 0 amide bonds. The van der Waals surface area contributed by atoms with Crippen LogP contribution in [0.25, 0.3) is 0 Å². The van der Waals surface area contributed by atoms with Crippen LogP contribution in [-0.2, 0) is 40.8 Å². The van der Waals surface area contributed by atoms with Gasteiger partial charge in [-0.15, -0.1) is 0 Å². The molecule has 0 radical (unpaired) electrons. The van der Waals surface area contributed by atoms with Gasteiger partial charge in [0.2, 0.25) is 0 Å². The number of nitrogens with zero attached hydrogens (tertiary/aromatic N) is 3. The second-order valence-electron chi connectivity index (χ2n) is 12.4. The van der Waals surface area contributed by atoms with Crippen LogP contribution in [0.2, 0.25) is 0 Å². The Balaban J connectivity index is 0.000000367. The van der Waals surface area contributed by atoms with Gasteiger partial charge in [0, 0.05) is 37.2 Å². The third-order valence-electron chi connectivity index (χ3n) is 8.24. The van der Waals surface area contributed by atoms with Gasteiger partial charge in [-0.2, -0.15) is 0 Å². The minimum absolute atomic E-state index is 0.131. The summed E-state index contributed by atoms with van der Waals surface area (Å²) in [6.45, 7) is 4.94. The van der Waals surface area contributed by atoms with E-state index in [4.69, 9.17) is 14.2 Å². The van der Waals surface area contributed by atoms with Gasteiger partial charge >= 0.3 is 0 Å². The summed E-state index contributed by atoms with van der Waals surface area (Å²) in [6, 6.07) is 41.5. The molecule has 0 fully saturated rings. The average molecular weight is 770 g/mol. The summed E-state index contributed by atoms with van der Waals surface area (Å²) < 4.78 is 49.9. The summed E-state index contributed by atoms with van der Waals surface area (Å²) in [4.78, 5) is 15.6. The maximum Gasteiger partial charge on any atom is 0.166 e. The minimum Gasteiger partial charge on any atom is -0.744 e. The van der Waals surface area contributed by atoms with Crippen molar-refractivity contribution in [2.75, 3.05) is 0 Å². The predicted octanol–water partition coefficient (Wildman–Crippen LogP) is 8.91. The van der Waals surface area contributed by atoms with Crippen LogP contribution >= 0.6 is 0 Å². The van der Waals surface area contributed by atoms with Crippen LogP contribution in [0.15, 0.2) is 184 Å². The zero-order valence-electron chi connectivity index (χ0n) is 30.3. The Morgan fingerprint density at radius 3 is 1.11 bits per heavy atom. The third kappa shape index (κ3) is 11.5. The van der Waals surface area contributed by atoms with Gasteiger partial charge < -0.3 is 18.8 Å². The Kier molecular flexibility index (Phi) is 13.3. The summed E-state index contributed by atoms with van der Waals surface area (Å²) in [5.74, 6) is 2.47. The van der Waals surface area contributed by atoms with Gasteiger partial charge in [0.05, 0.1) is 15.8 Å². The molecule has 55 heavy (non-hydrogen) atoms. The molecule has 4 aromatic carbocycles. The minimum atomic E-state index is -4.30. The molecule has 0 atom stereocenters. The van der Waals surface area contributed by atoms with Crippen molar-refractivity contribution in [3.63, 3.8) is 0 Å². The van der Waals surface area contributed by atoms with E-state index in [1.165, 1.54) is 20.8 Å². The Bertz CT molecular complexity index is 2140. The lowest BCUT2D eigenvalue weighted by molar-refractivity contribution is 0.306. The van der Waals surface area contributed by atoms with E-state index in [9.17, 15) is 13.0 Å². The molecule has 0 spiro atoms. The third-order valence-corrected chi connectivity index (χ3v) is 11.5. The zero-order chi connectivity index (χ0) is 38.5. The van der Waals surface area contributed by atoms with Gasteiger partial charge in [-0.05, 0) is 151 Å². The van der Waals surface area contributed by atoms with Gasteiger partial charge in [-0.25, -0.2) is 8.42 Å². The summed E-state index contributed by atoms with van der Waals surface area (Å²) >= 11 is 0. The second-order valence-corrected chi connectivity index (χ2v) is 15.8. The van der Waals surface area contributed by atoms with Crippen molar-refractivity contribution < 1.29 is 27.2 Å². The molecule has 0 aliphatic carbocycles. The molecule has 0 aliphatic heterocycles. The molecule has 0 aliphatic rings. The Labute approximate surface area is 324 Å². The molecule has 0 bridgehead atoms. The molecule has 0 unspecified atom stereocenters. The first-order valence-corrected chi connectivity index (χ1v) is 20.0. The van der Waals surface area contributed by atoms with E-state index >= 15 is 0 Å². The number of ether oxygens (including phenoxy) is 3. The van der Waals surface area contributed by atoms with E-state index in [0.717, 1.165) is 39.5 Å². The van der Waals surface area contributed by atoms with Crippen molar-refractivity contribution in [1.29, 1.82) is 0 Å². The standard InChI is InChI=1S/C36H30N3O3S.C8H10O3S/c1-7-34(8-2-31(1)40-25-28-13-19-37-20-14-28)43(35-9-3-32(4-10-35)41-26-29-15-21-38-22-16-29)36-11-5-33(6-12-36)42-27-30-17-23-39-24-18-30;1-6-3-4-8(7(2)5-6)12(9,10)11/h1-24H,25-27H2;3-5H,1-2H3,(H,9,10,11)/q+1;/p-1. The highest BCUT2D eigenvalue weighted by Crippen LogP contribution is 2.34. The topological polar surface area (TPSA) is 124 Å². The first-order chi connectivity index (χ1) is 26.7. The first-order valence-electron chi connectivity index (χ1n) is 17.3. The molecular formula is C44H39N3O6S2. The Morgan fingerprint density at radius 2 is 0.818 bits per heavy atom. The number of aromatic nitrogens is 3. The lowest BCUT2D eigenvalue weighted by Gasteiger charge is -2.12. The van der Waals surface area contributed by atoms with Crippen LogP contribution in [0.3, 0.4) is 0 Å². The second kappa shape index (κ2) is 18.8. The highest BCUT2D eigenvalue weighted by Gasteiger charge is 2.29. The van der Waals surface area contributed by atoms with E-state index in [0.29, 0.717) is 25.4 Å². The Hall–Kier alpha value is -6.01. The van der Waals surface area contributed by atoms with E-state index in [1.807, 2.05) is 79.7 Å². The van der Waals surface area contributed by atoms with Gasteiger partial charge in [0.15, 0.2) is 14.7 Å². The van der Waals surface area contributed by atoms with E-state index in [2.05, 4.69) is 51.4 Å². The smallest absolute Gasteiger partial charge is 0.166 e. The normalized spacial score (nSPS) is 11.0. The van der Waals surface area contributed by atoms with Gasteiger partial charge in [-0.3, -0.25) is 15.0 Å². The predicted molar refractivity (Wildman–Crippen MR) is 211 cm³/mol. The van der Waals surface area contributed by atoms with Crippen LogP contribution in [0.5, 0.6) is 17.2 Å². The Morgan fingerprint density at radius 1 is 0.491 bits per heavy atom. The molecule has 0 N–H and O–H groups in total. The van der Waals surface area contributed by atoms with Crippen LogP contribution in [-0.4, -0.2) is 27.9 Å². The highest BCUT2D eigenvalue weighted by molar-refractivity contribution is 7.97. The number of rotatable bonds is 13. The molecule has 3 heterocycles. The molecule has 7 aromatic rings. The SMILES string of the molecule is Cc1ccc(S(=O)(=O)[O-])c(C)c1.c1cc(COc2ccc([S+](c3ccc(OCc4ccncc4)cc3)c3ccc(OCc4ccncc4)cc3)cc2)ccn1. The number of hydrogen-bond donors (Lipinski definition) is 0. The highest BCUT2D eigenvalue weighted by atomic mass is 32.2. The fourth-order valence-electron chi connectivity index (χ4n) is 5.44. The van der Waals surface area contributed by atoms with Crippen molar-refractivity contribution in [3.8, 4) is 17.2 Å². The molecule has 9 nitrogen and oxygen atoms in total. The van der Waals surface area contributed by atoms with Crippen molar-refractivity contribution in [1.82, 2.24) is 15.0 Å². The van der Waals surface area contributed by atoms with Crippen molar-refractivity contribution in [3.05, 3.63) is 192 Å². The molecular weight excluding hydrogens is 731 g/mol. The molecule has 0 saturated carbocycles. The quantitative estimate of drug-likeness (QED) is 0.0836. The maximum absolute atomic E-state index is 10.6. The number of pyridine rings is 3. The summed E-state index contributed by atoms with van der Waals surface area (Å²) in [5, 5.41) is 0. The van der Waals surface area contributed by atoms with Gasteiger partial charge in [0.1, 0.15) is 47.2 Å². The van der Waals surface area contributed by atoms with Crippen LogP contribution in [0.4, 0.5) is 0 Å². The molecule has 7 rings (SSSR count). The lowest BCUT2D eigenvalue weighted by Crippen LogP contribution is -2.05. The fourth-order valence-corrected chi connectivity index (χ4v) is 8.17. The lowest BCUT2D eigenvalue weighted by atomic mass is 10.2. The molecule has 11 heteroatoms. The van der Waals surface area contributed by atoms with E-state index in [-0.39, 0.29) is 15.8 Å². The first kappa shape index (κ1) is 38.7. The van der Waals surface area contributed by atoms with E-state index in [1.54, 1.807) is 56.2 Å². The molecule has 278 valence electrons. The maximum atomic E-state index is 10.6. The summed E-state index contributed by atoms with van der Waals surface area (Å²) in [6.07, 6.45) is 10.7. The van der Waals surface area contributed by atoms with Crippen molar-refractivity contribution >= 4 is 21.0 Å². The van der Waals surface area contributed by atoms with Crippen molar-refractivity contribution in [2.45, 2.75) is 53.3 Å². The van der Waals surface area contributed by atoms with Crippen LogP contribution in [0, 0.1) is 13.8 Å². The summed E-state index contributed by atoms with van der Waals surface area (Å²) in [7, 11) is -4.65.